The molecule has 4 aromatic carbocycles. The number of hydrogen-bond acceptors (Lipinski definition) is 1. The fourth-order valence-electron chi connectivity index (χ4n) is 5.62. The molecule has 0 N–H and O–H groups in total. The highest BCUT2D eigenvalue weighted by Crippen LogP contribution is 2.66. The first-order chi connectivity index (χ1) is 17.0. The Morgan fingerprint density at radius 2 is 1.00 bits per heavy atom. The second-order valence-corrected chi connectivity index (χ2v) is 10.5. The summed E-state index contributed by atoms with van der Waals surface area (Å²) in [5.41, 5.74) is -1.04. The molecule has 0 aromatic heterocycles. The fourth-order valence-corrected chi connectivity index (χ4v) is 6.76. The van der Waals surface area contributed by atoms with Crippen molar-refractivity contribution in [2.75, 3.05) is 0 Å². The molecular formula is C29H20F6S. The van der Waals surface area contributed by atoms with Crippen molar-refractivity contribution in [3.05, 3.63) is 94.0 Å². The number of fused-ring (bicyclic) bond motifs is 10. The number of benzene rings is 4. The highest BCUT2D eigenvalue weighted by molar-refractivity contribution is 7.97. The molecule has 1 aliphatic carbocycles. The Morgan fingerprint density at radius 3 is 1.42 bits per heavy atom. The maximum Gasteiger partial charge on any atom is 0.380 e. The van der Waals surface area contributed by atoms with Crippen LogP contribution in [0.2, 0.25) is 0 Å². The van der Waals surface area contributed by atoms with Gasteiger partial charge in [0.2, 0.25) is 0 Å². The summed E-state index contributed by atoms with van der Waals surface area (Å²) in [4.78, 5) is 0. The fraction of sp³-hybridized carbons (Fsp3) is 0.241. The molecule has 0 saturated heterocycles. The minimum atomic E-state index is -5.60. The van der Waals surface area contributed by atoms with Crippen LogP contribution in [0, 0.1) is 13.8 Å². The van der Waals surface area contributed by atoms with E-state index < -0.39 is 28.9 Å². The number of alkyl halides is 6. The van der Waals surface area contributed by atoms with Gasteiger partial charge >= 0.3 is 17.8 Å². The lowest BCUT2D eigenvalue weighted by molar-refractivity contribution is -0.254. The number of hydrogen-bond donors (Lipinski definition) is 0. The van der Waals surface area contributed by atoms with E-state index in [0.717, 1.165) is 0 Å². The highest BCUT2D eigenvalue weighted by atomic mass is 32.2. The van der Waals surface area contributed by atoms with E-state index in [9.17, 15) is 0 Å². The van der Waals surface area contributed by atoms with Crippen LogP contribution in [-0.2, 0) is 11.5 Å². The van der Waals surface area contributed by atoms with E-state index in [4.69, 9.17) is 0 Å². The standard InChI is InChI=1S/C29H20F6S/c1-15-19-11-17-7-3-5-9-21(17)23(15)25-26(28(32,33)29(34,35)27(25,30)31)24-16(2)20(14-36-13-19)12-18-8-4-6-10-22(18)24/h3-12H,13-14H2,1-2H3. The predicted molar refractivity (Wildman–Crippen MR) is 134 cm³/mol. The van der Waals surface area contributed by atoms with Crippen LogP contribution in [0.1, 0.15) is 33.4 Å². The summed E-state index contributed by atoms with van der Waals surface area (Å²) in [6.07, 6.45) is 0. The molecule has 1 heterocycles. The second kappa shape index (κ2) is 7.54. The van der Waals surface area contributed by atoms with Crippen LogP contribution < -0.4 is 0 Å². The largest absolute Gasteiger partial charge is 0.380 e. The van der Waals surface area contributed by atoms with Crippen LogP contribution in [-0.4, -0.2) is 17.8 Å². The normalized spacial score (nSPS) is 19.9. The van der Waals surface area contributed by atoms with Crippen molar-refractivity contribution in [2.24, 2.45) is 0 Å². The first kappa shape index (κ1) is 23.5. The van der Waals surface area contributed by atoms with Crippen molar-refractivity contribution in [1.29, 1.82) is 0 Å². The summed E-state index contributed by atoms with van der Waals surface area (Å²) in [6, 6.07) is 16.7. The highest BCUT2D eigenvalue weighted by Gasteiger charge is 2.80. The number of thioether (sulfide) groups is 1. The van der Waals surface area contributed by atoms with Crippen LogP contribution >= 0.6 is 11.8 Å². The van der Waals surface area contributed by atoms with Gasteiger partial charge in [-0.1, -0.05) is 60.7 Å². The topological polar surface area (TPSA) is 0 Å². The average molecular weight is 515 g/mol. The molecule has 0 unspecified atom stereocenters. The Morgan fingerprint density at radius 1 is 0.611 bits per heavy atom. The van der Waals surface area contributed by atoms with Gasteiger partial charge in [0.15, 0.2) is 0 Å². The first-order valence-electron chi connectivity index (χ1n) is 11.5. The summed E-state index contributed by atoms with van der Waals surface area (Å²) < 4.78 is 93.6. The van der Waals surface area contributed by atoms with E-state index in [1.807, 2.05) is 12.1 Å². The SMILES string of the molecule is Cc1c2cc3ccccc3c1C1=C(c3c(C)c(cc4ccccc34)CSC2)C(F)(F)C(F)(F)C1(F)F. The molecule has 0 radical (unpaired) electrons. The smallest absolute Gasteiger partial charge is 0.194 e. The van der Waals surface area contributed by atoms with Crippen molar-refractivity contribution < 1.29 is 26.3 Å². The van der Waals surface area contributed by atoms with Crippen molar-refractivity contribution in [2.45, 2.75) is 43.1 Å². The summed E-state index contributed by atoms with van der Waals surface area (Å²) in [5.74, 6) is -14.9. The molecule has 0 nitrogen and oxygen atoms in total. The molecule has 0 fully saturated rings. The van der Waals surface area contributed by atoms with Crippen molar-refractivity contribution in [1.82, 2.24) is 0 Å². The Kier molecular flexibility index (Phi) is 4.92. The van der Waals surface area contributed by atoms with Crippen molar-refractivity contribution in [3.8, 4) is 0 Å². The van der Waals surface area contributed by atoms with Gasteiger partial charge in [-0.3, -0.25) is 0 Å². The molecule has 2 aliphatic rings. The maximum atomic E-state index is 15.8. The monoisotopic (exact) mass is 514 g/mol. The lowest BCUT2D eigenvalue weighted by Gasteiger charge is -2.27. The van der Waals surface area contributed by atoms with E-state index in [2.05, 4.69) is 0 Å². The molecule has 6 rings (SSSR count). The van der Waals surface area contributed by atoms with Gasteiger partial charge in [0.05, 0.1) is 0 Å². The molecular weight excluding hydrogens is 494 g/mol. The van der Waals surface area contributed by atoms with Crippen molar-refractivity contribution >= 4 is 44.5 Å². The van der Waals surface area contributed by atoms with Gasteiger partial charge in [-0.2, -0.15) is 38.1 Å². The first-order valence-corrected chi connectivity index (χ1v) is 12.6. The zero-order chi connectivity index (χ0) is 25.6. The third kappa shape index (κ3) is 2.86. The number of rotatable bonds is 0. The summed E-state index contributed by atoms with van der Waals surface area (Å²) in [5, 5.41) is 1.59. The summed E-state index contributed by atoms with van der Waals surface area (Å²) in [6.45, 7) is 3.12. The van der Waals surface area contributed by atoms with Gasteiger partial charge < -0.3 is 0 Å². The summed E-state index contributed by atoms with van der Waals surface area (Å²) in [7, 11) is 0. The zero-order valence-corrected chi connectivity index (χ0v) is 20.2. The van der Waals surface area contributed by atoms with Gasteiger partial charge in [0.1, 0.15) is 0 Å². The lowest BCUT2D eigenvalue weighted by Crippen LogP contribution is -2.49. The van der Waals surface area contributed by atoms with Gasteiger partial charge in [0, 0.05) is 22.7 Å². The van der Waals surface area contributed by atoms with Gasteiger partial charge in [-0.05, 0) is 68.8 Å². The lowest BCUT2D eigenvalue weighted by atomic mass is 9.83. The molecule has 7 heteroatoms. The molecule has 0 spiro atoms. The summed E-state index contributed by atoms with van der Waals surface area (Å²) >= 11 is 1.54. The Labute approximate surface area is 208 Å². The van der Waals surface area contributed by atoms with Crippen LogP contribution in [0.3, 0.4) is 0 Å². The third-order valence-corrected chi connectivity index (χ3v) is 8.55. The van der Waals surface area contributed by atoms with E-state index in [1.165, 1.54) is 23.9 Å². The minimum Gasteiger partial charge on any atom is -0.194 e. The van der Waals surface area contributed by atoms with Crippen LogP contribution in [0.15, 0.2) is 60.7 Å². The predicted octanol–water partition coefficient (Wildman–Crippen LogP) is 9.19. The zero-order valence-electron chi connectivity index (χ0n) is 19.4. The molecule has 0 saturated carbocycles. The Hall–Kier alpha value is -2.93. The number of halogens is 6. The molecule has 1 aliphatic heterocycles. The third-order valence-electron chi connectivity index (χ3n) is 7.51. The van der Waals surface area contributed by atoms with E-state index in [0.29, 0.717) is 44.5 Å². The van der Waals surface area contributed by atoms with E-state index in [-0.39, 0.29) is 21.9 Å². The Bertz CT molecular complexity index is 1500. The molecule has 0 amide bonds. The molecule has 184 valence electrons. The molecule has 4 bridgehead atoms. The molecule has 4 aromatic rings. The van der Waals surface area contributed by atoms with E-state index in [1.54, 1.807) is 50.2 Å². The molecule has 0 atom stereocenters. The van der Waals surface area contributed by atoms with Crippen LogP contribution in [0.4, 0.5) is 26.3 Å². The quantitative estimate of drug-likeness (QED) is 0.211. The minimum absolute atomic E-state index is 0.226. The Balaban J connectivity index is 1.92. The number of allylic oxidation sites excluding steroid dienone is 2. The second-order valence-electron chi connectivity index (χ2n) is 9.48. The van der Waals surface area contributed by atoms with Crippen LogP contribution in [0.5, 0.6) is 0 Å². The molecule has 36 heavy (non-hydrogen) atoms. The van der Waals surface area contributed by atoms with Crippen molar-refractivity contribution in [3.63, 3.8) is 0 Å². The maximum absolute atomic E-state index is 15.8. The van der Waals surface area contributed by atoms with E-state index >= 15 is 26.3 Å². The van der Waals surface area contributed by atoms with Gasteiger partial charge in [-0.25, -0.2) is 0 Å². The van der Waals surface area contributed by atoms with Crippen LogP contribution in [0.25, 0.3) is 32.7 Å². The average Bonchev–Trinajstić information content (AvgIpc) is 2.93. The van der Waals surface area contributed by atoms with Gasteiger partial charge in [0.25, 0.3) is 0 Å². The van der Waals surface area contributed by atoms with Gasteiger partial charge in [-0.15, -0.1) is 0 Å².